The Kier molecular flexibility index (Phi) is 4.31. The topological polar surface area (TPSA) is 92.4 Å². The number of hydrogen-bond acceptors (Lipinski definition) is 5. The van der Waals surface area contributed by atoms with Gasteiger partial charge < -0.3 is 9.64 Å². The van der Waals surface area contributed by atoms with Gasteiger partial charge in [-0.2, -0.15) is 5.10 Å². The Labute approximate surface area is 140 Å². The lowest BCUT2D eigenvalue weighted by molar-refractivity contribution is 0.0787. The van der Waals surface area contributed by atoms with Gasteiger partial charge in [0.1, 0.15) is 11.4 Å². The summed E-state index contributed by atoms with van der Waals surface area (Å²) in [7, 11) is -1.54. The second kappa shape index (κ2) is 6.27. The first-order valence-electron chi connectivity index (χ1n) is 7.56. The Bertz CT molecular complexity index is 860. The highest BCUT2D eigenvalue weighted by Gasteiger charge is 2.33. The van der Waals surface area contributed by atoms with Crippen LogP contribution in [0, 0.1) is 0 Å². The monoisotopic (exact) mass is 349 g/mol. The molecule has 1 aliphatic rings. The molecule has 3 rings (SSSR count). The van der Waals surface area contributed by atoms with E-state index in [9.17, 15) is 13.2 Å². The van der Waals surface area contributed by atoms with Crippen molar-refractivity contribution in [2.45, 2.75) is 11.7 Å². The van der Waals surface area contributed by atoms with E-state index in [0.717, 1.165) is 5.56 Å². The van der Waals surface area contributed by atoms with Crippen molar-refractivity contribution >= 4 is 15.7 Å². The SMILES string of the molecule is COc1cccc(-c2cc(C(=O)N3CCC(S(C)(=O)=O)C3)[nH]n2)c1. The molecule has 0 saturated carbocycles. The van der Waals surface area contributed by atoms with Gasteiger partial charge in [-0.25, -0.2) is 8.42 Å². The molecule has 0 spiro atoms. The van der Waals surface area contributed by atoms with E-state index in [1.165, 1.54) is 6.26 Å². The highest BCUT2D eigenvalue weighted by atomic mass is 32.2. The Hall–Kier alpha value is -2.35. The molecule has 1 unspecified atom stereocenters. The van der Waals surface area contributed by atoms with E-state index in [2.05, 4.69) is 10.2 Å². The predicted octanol–water partition coefficient (Wildman–Crippen LogP) is 1.34. The average Bonchev–Trinajstić information content (AvgIpc) is 3.23. The minimum Gasteiger partial charge on any atom is -0.497 e. The van der Waals surface area contributed by atoms with Crippen LogP contribution in [-0.4, -0.2) is 61.1 Å². The van der Waals surface area contributed by atoms with Gasteiger partial charge in [0.15, 0.2) is 9.84 Å². The number of amides is 1. The number of sulfone groups is 1. The van der Waals surface area contributed by atoms with Crippen LogP contribution in [0.2, 0.25) is 0 Å². The highest BCUT2D eigenvalue weighted by Crippen LogP contribution is 2.24. The quantitative estimate of drug-likeness (QED) is 0.899. The molecule has 2 aromatic rings. The number of carbonyl (C=O) groups excluding carboxylic acids is 1. The number of likely N-dealkylation sites (tertiary alicyclic amines) is 1. The number of ether oxygens (including phenoxy) is 1. The predicted molar refractivity (Wildman–Crippen MR) is 89.7 cm³/mol. The summed E-state index contributed by atoms with van der Waals surface area (Å²) in [5.74, 6) is 0.474. The molecule has 1 saturated heterocycles. The summed E-state index contributed by atoms with van der Waals surface area (Å²) in [6, 6.07) is 9.06. The number of benzene rings is 1. The molecule has 0 radical (unpaired) electrons. The number of nitrogens with one attached hydrogen (secondary N) is 1. The maximum atomic E-state index is 12.5. The fourth-order valence-corrected chi connectivity index (χ4v) is 3.78. The summed E-state index contributed by atoms with van der Waals surface area (Å²) < 4.78 is 28.4. The molecule has 1 atom stereocenters. The van der Waals surface area contributed by atoms with Crippen molar-refractivity contribution in [2.75, 3.05) is 26.5 Å². The number of rotatable bonds is 4. The van der Waals surface area contributed by atoms with Crippen LogP contribution in [0.3, 0.4) is 0 Å². The van der Waals surface area contributed by atoms with E-state index in [4.69, 9.17) is 4.74 Å². The molecule has 24 heavy (non-hydrogen) atoms. The van der Waals surface area contributed by atoms with Crippen LogP contribution in [0.5, 0.6) is 5.75 Å². The van der Waals surface area contributed by atoms with Crippen molar-refractivity contribution in [2.24, 2.45) is 0 Å². The number of carbonyl (C=O) groups is 1. The van der Waals surface area contributed by atoms with E-state index in [0.29, 0.717) is 30.1 Å². The third-order valence-corrected chi connectivity index (χ3v) is 5.81. The van der Waals surface area contributed by atoms with Gasteiger partial charge in [-0.05, 0) is 24.6 Å². The summed E-state index contributed by atoms with van der Waals surface area (Å²) in [6.07, 6.45) is 1.68. The fourth-order valence-electron chi connectivity index (χ4n) is 2.79. The molecule has 0 aliphatic carbocycles. The van der Waals surface area contributed by atoms with Gasteiger partial charge in [-0.1, -0.05) is 12.1 Å². The van der Waals surface area contributed by atoms with Gasteiger partial charge in [-0.15, -0.1) is 0 Å². The van der Waals surface area contributed by atoms with E-state index in [1.807, 2.05) is 24.3 Å². The highest BCUT2D eigenvalue weighted by molar-refractivity contribution is 7.91. The van der Waals surface area contributed by atoms with Crippen molar-refractivity contribution in [1.82, 2.24) is 15.1 Å². The maximum Gasteiger partial charge on any atom is 0.271 e. The van der Waals surface area contributed by atoms with Crippen molar-refractivity contribution in [3.63, 3.8) is 0 Å². The third-order valence-electron chi connectivity index (χ3n) is 4.21. The molecular weight excluding hydrogens is 330 g/mol. The lowest BCUT2D eigenvalue weighted by atomic mass is 10.1. The van der Waals surface area contributed by atoms with Gasteiger partial charge >= 0.3 is 0 Å². The lowest BCUT2D eigenvalue weighted by Crippen LogP contribution is -2.31. The Morgan fingerprint density at radius 3 is 2.83 bits per heavy atom. The number of H-pyrrole nitrogens is 1. The first-order valence-corrected chi connectivity index (χ1v) is 9.52. The van der Waals surface area contributed by atoms with Crippen molar-refractivity contribution in [3.8, 4) is 17.0 Å². The third kappa shape index (κ3) is 3.28. The minimum atomic E-state index is -3.13. The summed E-state index contributed by atoms with van der Waals surface area (Å²) in [6.45, 7) is 0.662. The Morgan fingerprint density at radius 2 is 2.17 bits per heavy atom. The van der Waals surface area contributed by atoms with Crippen molar-refractivity contribution in [3.05, 3.63) is 36.0 Å². The molecular formula is C16H19N3O4S. The van der Waals surface area contributed by atoms with Crippen LogP contribution in [0.4, 0.5) is 0 Å². The van der Waals surface area contributed by atoms with Crippen LogP contribution in [0.1, 0.15) is 16.9 Å². The summed E-state index contributed by atoms with van der Waals surface area (Å²) >= 11 is 0. The van der Waals surface area contributed by atoms with E-state index < -0.39 is 15.1 Å². The minimum absolute atomic E-state index is 0.227. The zero-order valence-corrected chi connectivity index (χ0v) is 14.3. The van der Waals surface area contributed by atoms with Crippen molar-refractivity contribution < 1.29 is 17.9 Å². The lowest BCUT2D eigenvalue weighted by Gasteiger charge is -2.14. The number of hydrogen-bond donors (Lipinski definition) is 1. The normalized spacial score (nSPS) is 17.9. The maximum absolute atomic E-state index is 12.5. The van der Waals surface area contributed by atoms with E-state index in [1.54, 1.807) is 18.1 Å². The molecule has 1 aromatic heterocycles. The van der Waals surface area contributed by atoms with Crippen LogP contribution in [0.25, 0.3) is 11.3 Å². The molecule has 1 N–H and O–H groups in total. The first-order chi connectivity index (χ1) is 11.4. The van der Waals surface area contributed by atoms with Gasteiger partial charge in [0, 0.05) is 24.9 Å². The second-order valence-electron chi connectivity index (χ2n) is 5.89. The van der Waals surface area contributed by atoms with Gasteiger partial charge in [0.2, 0.25) is 0 Å². The van der Waals surface area contributed by atoms with E-state index >= 15 is 0 Å². The number of aromatic nitrogens is 2. The molecule has 1 amide bonds. The average molecular weight is 349 g/mol. The molecule has 0 bridgehead atoms. The molecule has 1 aromatic carbocycles. The molecule has 1 aliphatic heterocycles. The number of aromatic amines is 1. The number of nitrogens with zero attached hydrogens (tertiary/aromatic N) is 2. The van der Waals surface area contributed by atoms with Gasteiger partial charge in [0.05, 0.1) is 18.1 Å². The molecule has 8 heteroatoms. The summed E-state index contributed by atoms with van der Waals surface area (Å²) in [5, 5.41) is 6.43. The Balaban J connectivity index is 1.77. The second-order valence-corrected chi connectivity index (χ2v) is 8.22. The number of methoxy groups -OCH3 is 1. The van der Waals surface area contributed by atoms with Crippen LogP contribution in [-0.2, 0) is 9.84 Å². The van der Waals surface area contributed by atoms with Crippen LogP contribution >= 0.6 is 0 Å². The summed E-state index contributed by atoms with van der Waals surface area (Å²) in [5.41, 5.74) is 1.82. The van der Waals surface area contributed by atoms with Gasteiger partial charge in [0.25, 0.3) is 5.91 Å². The zero-order chi connectivity index (χ0) is 17.3. The largest absolute Gasteiger partial charge is 0.497 e. The molecule has 2 heterocycles. The Morgan fingerprint density at radius 1 is 1.38 bits per heavy atom. The van der Waals surface area contributed by atoms with Crippen LogP contribution in [0.15, 0.2) is 30.3 Å². The van der Waals surface area contributed by atoms with Gasteiger partial charge in [-0.3, -0.25) is 9.89 Å². The first kappa shape index (κ1) is 16.5. The fraction of sp³-hybridized carbons (Fsp3) is 0.375. The molecule has 7 nitrogen and oxygen atoms in total. The summed E-state index contributed by atoms with van der Waals surface area (Å²) in [4.78, 5) is 14.1. The molecule has 128 valence electrons. The van der Waals surface area contributed by atoms with E-state index in [-0.39, 0.29) is 12.5 Å². The molecule has 1 fully saturated rings. The standard InChI is InChI=1S/C16H19N3O4S/c1-23-12-5-3-4-11(8-12)14-9-15(18-17-14)16(20)19-7-6-13(10-19)24(2,21)22/h3-5,8-9,13H,6-7,10H2,1-2H3,(H,17,18). The zero-order valence-electron chi connectivity index (χ0n) is 13.5. The van der Waals surface area contributed by atoms with Crippen LogP contribution < -0.4 is 4.74 Å². The smallest absolute Gasteiger partial charge is 0.271 e. The van der Waals surface area contributed by atoms with Crippen molar-refractivity contribution in [1.29, 1.82) is 0 Å².